The Morgan fingerprint density at radius 2 is 1.42 bits per heavy atom. The minimum absolute atomic E-state index is 0.0736. The van der Waals surface area contributed by atoms with Crippen molar-refractivity contribution in [2.45, 2.75) is 44.2 Å². The molecule has 8 nitrogen and oxygen atoms in total. The fourth-order valence-electron chi connectivity index (χ4n) is 4.33. The zero-order valence-electron chi connectivity index (χ0n) is 21.5. The number of hydrogen-bond donors (Lipinski definition) is 0. The zero-order valence-corrected chi connectivity index (χ0v) is 21.5. The van der Waals surface area contributed by atoms with Crippen LogP contribution in [-0.2, 0) is 46.4 Å². The molecule has 38 heavy (non-hydrogen) atoms. The summed E-state index contributed by atoms with van der Waals surface area (Å²) in [6, 6.07) is 27.9. The molecule has 8 heteroatoms. The summed E-state index contributed by atoms with van der Waals surface area (Å²) in [5, 5.41) is 0. The lowest BCUT2D eigenvalue weighted by atomic mass is 9.92. The van der Waals surface area contributed by atoms with Crippen LogP contribution in [0.2, 0.25) is 0 Å². The van der Waals surface area contributed by atoms with E-state index in [-0.39, 0.29) is 19.8 Å². The van der Waals surface area contributed by atoms with Crippen LogP contribution in [-0.4, -0.2) is 56.4 Å². The van der Waals surface area contributed by atoms with E-state index in [2.05, 4.69) is 0 Å². The molecule has 0 N–H and O–H groups in total. The highest BCUT2D eigenvalue weighted by Gasteiger charge is 2.61. The van der Waals surface area contributed by atoms with Gasteiger partial charge in [0.15, 0.2) is 18.0 Å². The maximum atomic E-state index is 12.9. The van der Waals surface area contributed by atoms with Crippen molar-refractivity contribution in [1.82, 2.24) is 0 Å². The van der Waals surface area contributed by atoms with Crippen molar-refractivity contribution >= 4 is 11.9 Å². The van der Waals surface area contributed by atoms with Crippen LogP contribution in [0.15, 0.2) is 91.0 Å². The first-order valence-corrected chi connectivity index (χ1v) is 12.4. The number of carbonyl (C=O) groups is 2. The molecule has 0 radical (unpaired) electrons. The zero-order chi connectivity index (χ0) is 26.8. The van der Waals surface area contributed by atoms with E-state index in [1.807, 2.05) is 66.7 Å². The summed E-state index contributed by atoms with van der Waals surface area (Å²) in [4.78, 5) is 25.1. The summed E-state index contributed by atoms with van der Waals surface area (Å²) >= 11 is 0. The van der Waals surface area contributed by atoms with Gasteiger partial charge in [-0.1, -0.05) is 78.9 Å². The van der Waals surface area contributed by atoms with Crippen molar-refractivity contribution < 1.29 is 38.0 Å². The number of hydrogen-bond acceptors (Lipinski definition) is 8. The van der Waals surface area contributed by atoms with Gasteiger partial charge in [0.05, 0.1) is 25.4 Å². The summed E-state index contributed by atoms with van der Waals surface area (Å²) in [6.07, 6.45) is -2.77. The molecular weight excluding hydrogens is 488 g/mol. The summed E-state index contributed by atoms with van der Waals surface area (Å²) in [5.41, 5.74) is 0.835. The molecule has 1 heterocycles. The number of methoxy groups -OCH3 is 1. The molecule has 0 spiro atoms. The van der Waals surface area contributed by atoms with E-state index in [0.29, 0.717) is 12.2 Å². The molecule has 3 aromatic carbocycles. The normalized spacial score (nSPS) is 22.6. The molecule has 1 aliphatic heterocycles. The molecule has 0 aliphatic carbocycles. The smallest absolute Gasteiger partial charge is 0.338 e. The van der Waals surface area contributed by atoms with Gasteiger partial charge in [-0.3, -0.25) is 4.79 Å². The van der Waals surface area contributed by atoms with Gasteiger partial charge >= 0.3 is 11.9 Å². The lowest BCUT2D eigenvalue weighted by Gasteiger charge is -2.37. The van der Waals surface area contributed by atoms with Gasteiger partial charge in [-0.05, 0) is 23.3 Å². The van der Waals surface area contributed by atoms with Crippen molar-refractivity contribution in [2.75, 3.05) is 20.3 Å². The predicted octanol–water partition coefficient (Wildman–Crippen LogP) is 4.32. The Balaban J connectivity index is 1.62. The maximum absolute atomic E-state index is 12.9. The molecule has 200 valence electrons. The Morgan fingerprint density at radius 3 is 2.00 bits per heavy atom. The SMILES string of the molecule is CO[C@H]1O[C@H](COCc2ccccc2)[C@@](COC(=O)c2ccccc2)(OCc2ccccc2)[C@@H]1OC(C)=O. The number of rotatable bonds is 12. The molecule has 0 unspecified atom stereocenters. The largest absolute Gasteiger partial charge is 0.459 e. The highest BCUT2D eigenvalue weighted by molar-refractivity contribution is 5.89. The van der Waals surface area contributed by atoms with Gasteiger partial charge in [0, 0.05) is 14.0 Å². The van der Waals surface area contributed by atoms with Crippen molar-refractivity contribution in [3.63, 3.8) is 0 Å². The van der Waals surface area contributed by atoms with Crippen LogP contribution in [0.1, 0.15) is 28.4 Å². The van der Waals surface area contributed by atoms with E-state index >= 15 is 0 Å². The van der Waals surface area contributed by atoms with Crippen molar-refractivity contribution in [3.05, 3.63) is 108 Å². The second kappa shape index (κ2) is 13.3. The highest BCUT2D eigenvalue weighted by atomic mass is 16.7. The molecule has 1 fully saturated rings. The average molecular weight is 521 g/mol. The summed E-state index contributed by atoms with van der Waals surface area (Å²) in [6.45, 7) is 1.59. The summed E-state index contributed by atoms with van der Waals surface area (Å²) in [7, 11) is 1.45. The van der Waals surface area contributed by atoms with Crippen LogP contribution in [0.25, 0.3) is 0 Å². The molecule has 0 aromatic heterocycles. The van der Waals surface area contributed by atoms with E-state index in [9.17, 15) is 9.59 Å². The first kappa shape index (κ1) is 27.5. The molecule has 0 amide bonds. The first-order valence-electron chi connectivity index (χ1n) is 12.4. The van der Waals surface area contributed by atoms with Crippen LogP contribution in [0.5, 0.6) is 0 Å². The minimum Gasteiger partial charge on any atom is -0.459 e. The van der Waals surface area contributed by atoms with Crippen molar-refractivity contribution in [2.24, 2.45) is 0 Å². The predicted molar refractivity (Wildman–Crippen MR) is 138 cm³/mol. The van der Waals surface area contributed by atoms with Crippen molar-refractivity contribution in [3.8, 4) is 0 Å². The minimum atomic E-state index is -1.41. The van der Waals surface area contributed by atoms with Gasteiger partial charge < -0.3 is 28.4 Å². The van der Waals surface area contributed by atoms with Crippen molar-refractivity contribution in [1.29, 1.82) is 0 Å². The third kappa shape index (κ3) is 6.85. The highest BCUT2D eigenvalue weighted by Crippen LogP contribution is 2.39. The number of carbonyl (C=O) groups excluding carboxylic acids is 2. The fraction of sp³-hybridized carbons (Fsp3) is 0.333. The van der Waals surface area contributed by atoms with E-state index in [1.165, 1.54) is 14.0 Å². The van der Waals surface area contributed by atoms with Crippen LogP contribution in [0.3, 0.4) is 0 Å². The van der Waals surface area contributed by atoms with E-state index in [1.54, 1.807) is 24.3 Å². The van der Waals surface area contributed by atoms with Crippen LogP contribution in [0.4, 0.5) is 0 Å². The maximum Gasteiger partial charge on any atom is 0.338 e. The standard InChI is InChI=1S/C30H32O8/c1-22(31)37-27-29(33-2)38-26(20-34-18-23-12-6-3-7-13-23)30(27,36-19-24-14-8-4-9-15-24)21-35-28(32)25-16-10-5-11-17-25/h3-17,26-27,29H,18-21H2,1-2H3/t26-,27-,29+,30-/m1/s1. The Morgan fingerprint density at radius 1 is 0.842 bits per heavy atom. The number of esters is 2. The quantitative estimate of drug-likeness (QED) is 0.326. The van der Waals surface area contributed by atoms with Crippen LogP contribution in [0, 0.1) is 0 Å². The molecule has 3 aromatic rings. The molecule has 4 rings (SSSR count). The molecule has 4 atom stereocenters. The van der Waals surface area contributed by atoms with E-state index in [4.69, 9.17) is 28.4 Å². The second-order valence-electron chi connectivity index (χ2n) is 8.93. The van der Waals surface area contributed by atoms with E-state index < -0.39 is 36.0 Å². The molecule has 1 aliphatic rings. The fourth-order valence-corrected chi connectivity index (χ4v) is 4.33. The summed E-state index contributed by atoms with van der Waals surface area (Å²) in [5.74, 6) is -1.09. The Labute approximate surface area is 222 Å². The van der Waals surface area contributed by atoms with E-state index in [0.717, 1.165) is 11.1 Å². The van der Waals surface area contributed by atoms with Gasteiger partial charge in [0.1, 0.15) is 12.7 Å². The molecule has 1 saturated heterocycles. The van der Waals surface area contributed by atoms with Gasteiger partial charge in [-0.15, -0.1) is 0 Å². The Bertz CT molecular complexity index is 1150. The molecule has 0 bridgehead atoms. The monoisotopic (exact) mass is 520 g/mol. The third-order valence-corrected chi connectivity index (χ3v) is 6.27. The molecular formula is C30H32O8. The third-order valence-electron chi connectivity index (χ3n) is 6.27. The summed E-state index contributed by atoms with van der Waals surface area (Å²) < 4.78 is 35.6. The lowest BCUT2D eigenvalue weighted by molar-refractivity contribution is -0.195. The van der Waals surface area contributed by atoms with Gasteiger partial charge in [0.25, 0.3) is 0 Å². The molecule has 0 saturated carbocycles. The lowest BCUT2D eigenvalue weighted by Crippen LogP contribution is -2.57. The number of benzene rings is 3. The van der Waals surface area contributed by atoms with Gasteiger partial charge in [-0.2, -0.15) is 0 Å². The topological polar surface area (TPSA) is 89.5 Å². The number of ether oxygens (including phenoxy) is 6. The first-order chi connectivity index (χ1) is 18.5. The Hall–Kier alpha value is -3.56. The van der Waals surface area contributed by atoms with Crippen LogP contribution < -0.4 is 0 Å². The van der Waals surface area contributed by atoms with Gasteiger partial charge in [-0.25, -0.2) is 4.79 Å². The van der Waals surface area contributed by atoms with Crippen LogP contribution >= 0.6 is 0 Å². The second-order valence-corrected chi connectivity index (χ2v) is 8.93. The van der Waals surface area contributed by atoms with Gasteiger partial charge in [0.2, 0.25) is 0 Å². The Kier molecular flexibility index (Phi) is 9.62. The average Bonchev–Trinajstić information content (AvgIpc) is 3.23.